The van der Waals surface area contributed by atoms with Crippen molar-refractivity contribution < 1.29 is 19.1 Å². The summed E-state index contributed by atoms with van der Waals surface area (Å²) in [6, 6.07) is 0. The Morgan fingerprint density at radius 1 is 0.857 bits per heavy atom. The number of carbonyl (C=O) groups excluding carboxylic acids is 2. The molecule has 0 saturated heterocycles. The SMILES string of the molecule is CCC(=O)NCCCCCOCCCCCOCC(C)=O. The molecular weight excluding hydrogens is 270 g/mol. The molecule has 0 unspecified atom stereocenters. The number of hydrogen-bond acceptors (Lipinski definition) is 4. The number of Topliss-reactive ketones (excluding diaryl/α,β-unsaturated/α-hetero) is 1. The molecule has 124 valence electrons. The first-order valence-electron chi connectivity index (χ1n) is 8.08. The zero-order valence-corrected chi connectivity index (χ0v) is 13.6. The van der Waals surface area contributed by atoms with Gasteiger partial charge in [-0.1, -0.05) is 6.92 Å². The minimum atomic E-state index is 0.0765. The second-order valence-electron chi connectivity index (χ2n) is 5.19. The van der Waals surface area contributed by atoms with E-state index in [0.717, 1.165) is 58.3 Å². The molecule has 1 N–H and O–H groups in total. The molecular formula is C16H31NO4. The maximum atomic E-state index is 11.0. The van der Waals surface area contributed by atoms with Gasteiger partial charge in [0.2, 0.25) is 5.91 Å². The quantitative estimate of drug-likeness (QED) is 0.472. The van der Waals surface area contributed by atoms with Crippen LogP contribution in [0.3, 0.4) is 0 Å². The second-order valence-corrected chi connectivity index (χ2v) is 5.19. The minimum Gasteiger partial charge on any atom is -0.381 e. The van der Waals surface area contributed by atoms with E-state index < -0.39 is 0 Å². The molecule has 1 amide bonds. The van der Waals surface area contributed by atoms with Crippen molar-refractivity contribution in [2.24, 2.45) is 0 Å². The molecule has 0 aliphatic heterocycles. The van der Waals surface area contributed by atoms with Gasteiger partial charge in [0.15, 0.2) is 5.78 Å². The van der Waals surface area contributed by atoms with Gasteiger partial charge in [0.1, 0.15) is 6.61 Å². The first-order valence-corrected chi connectivity index (χ1v) is 8.08. The lowest BCUT2D eigenvalue weighted by Gasteiger charge is -2.05. The van der Waals surface area contributed by atoms with Crippen molar-refractivity contribution in [2.75, 3.05) is 33.0 Å². The third kappa shape index (κ3) is 17.0. The van der Waals surface area contributed by atoms with E-state index in [1.54, 1.807) is 0 Å². The number of rotatable bonds is 15. The average molecular weight is 301 g/mol. The Hall–Kier alpha value is -0.940. The highest BCUT2D eigenvalue weighted by Crippen LogP contribution is 1.99. The lowest BCUT2D eigenvalue weighted by molar-refractivity contribution is -0.122. The van der Waals surface area contributed by atoms with Gasteiger partial charge in [-0.2, -0.15) is 0 Å². The molecule has 0 aromatic heterocycles. The Kier molecular flexibility index (Phi) is 14.8. The van der Waals surface area contributed by atoms with Crippen molar-refractivity contribution >= 4 is 11.7 Å². The standard InChI is InChI=1S/C16H31NO4/c1-3-16(19)17-10-6-4-7-11-20-12-8-5-9-13-21-14-15(2)18/h3-14H2,1-2H3,(H,17,19). The highest BCUT2D eigenvalue weighted by molar-refractivity contribution is 5.76. The Morgan fingerprint density at radius 3 is 2.00 bits per heavy atom. The van der Waals surface area contributed by atoms with E-state index in [4.69, 9.17) is 9.47 Å². The molecule has 0 fully saturated rings. The molecule has 0 aromatic rings. The van der Waals surface area contributed by atoms with E-state index in [-0.39, 0.29) is 18.3 Å². The lowest BCUT2D eigenvalue weighted by atomic mass is 10.2. The Balaban J connectivity index is 3.02. The monoisotopic (exact) mass is 301 g/mol. The number of carbonyl (C=O) groups is 2. The maximum Gasteiger partial charge on any atom is 0.219 e. The van der Waals surface area contributed by atoms with Gasteiger partial charge >= 0.3 is 0 Å². The molecule has 21 heavy (non-hydrogen) atoms. The summed E-state index contributed by atoms with van der Waals surface area (Å²) in [5.74, 6) is 0.200. The van der Waals surface area contributed by atoms with Crippen LogP contribution in [0, 0.1) is 0 Å². The number of ether oxygens (including phenoxy) is 2. The Labute approximate surface area is 128 Å². The molecule has 0 spiro atoms. The molecule has 0 saturated carbocycles. The molecule has 0 rings (SSSR count). The van der Waals surface area contributed by atoms with Crippen LogP contribution >= 0.6 is 0 Å². The van der Waals surface area contributed by atoms with Crippen LogP contribution in [-0.2, 0) is 19.1 Å². The van der Waals surface area contributed by atoms with Crippen LogP contribution in [0.15, 0.2) is 0 Å². The summed E-state index contributed by atoms with van der Waals surface area (Å²) >= 11 is 0. The van der Waals surface area contributed by atoms with Crippen LogP contribution in [0.4, 0.5) is 0 Å². The molecule has 0 bridgehead atoms. The van der Waals surface area contributed by atoms with Crippen molar-refractivity contribution in [1.29, 1.82) is 0 Å². The minimum absolute atomic E-state index is 0.0765. The van der Waals surface area contributed by atoms with Gasteiger partial charge < -0.3 is 14.8 Å². The fourth-order valence-electron chi connectivity index (χ4n) is 1.76. The normalized spacial score (nSPS) is 10.6. The van der Waals surface area contributed by atoms with Gasteiger partial charge in [0, 0.05) is 32.8 Å². The number of hydrogen-bond donors (Lipinski definition) is 1. The topological polar surface area (TPSA) is 64.6 Å². The number of unbranched alkanes of at least 4 members (excludes halogenated alkanes) is 4. The predicted molar refractivity (Wildman–Crippen MR) is 83.3 cm³/mol. The molecule has 0 aliphatic rings. The maximum absolute atomic E-state index is 11.0. The van der Waals surface area contributed by atoms with Gasteiger partial charge in [0.05, 0.1) is 0 Å². The molecule has 0 aliphatic carbocycles. The van der Waals surface area contributed by atoms with E-state index in [1.807, 2.05) is 6.92 Å². The Bertz CT molecular complexity index is 269. The van der Waals surface area contributed by atoms with Crippen LogP contribution < -0.4 is 5.32 Å². The Morgan fingerprint density at radius 2 is 1.43 bits per heavy atom. The summed E-state index contributed by atoms with van der Waals surface area (Å²) in [5.41, 5.74) is 0. The largest absolute Gasteiger partial charge is 0.381 e. The molecule has 0 atom stereocenters. The van der Waals surface area contributed by atoms with E-state index in [1.165, 1.54) is 6.92 Å². The van der Waals surface area contributed by atoms with E-state index in [2.05, 4.69) is 5.32 Å². The lowest BCUT2D eigenvalue weighted by Crippen LogP contribution is -2.23. The average Bonchev–Trinajstić information content (AvgIpc) is 2.46. The third-order valence-electron chi connectivity index (χ3n) is 2.99. The fraction of sp³-hybridized carbons (Fsp3) is 0.875. The molecule has 0 heterocycles. The van der Waals surface area contributed by atoms with Crippen LogP contribution in [0.1, 0.15) is 58.8 Å². The zero-order chi connectivity index (χ0) is 15.8. The summed E-state index contributed by atoms with van der Waals surface area (Å²) in [6.45, 7) is 6.64. The van der Waals surface area contributed by atoms with Gasteiger partial charge in [-0.25, -0.2) is 0 Å². The van der Waals surface area contributed by atoms with Gasteiger partial charge in [-0.05, 0) is 45.4 Å². The van der Waals surface area contributed by atoms with Gasteiger partial charge in [-0.15, -0.1) is 0 Å². The van der Waals surface area contributed by atoms with Crippen molar-refractivity contribution in [2.45, 2.75) is 58.8 Å². The van der Waals surface area contributed by atoms with E-state index in [0.29, 0.717) is 13.0 Å². The van der Waals surface area contributed by atoms with Crippen LogP contribution in [0.5, 0.6) is 0 Å². The predicted octanol–water partition coefficient (Wildman–Crippen LogP) is 2.48. The van der Waals surface area contributed by atoms with Crippen LogP contribution in [-0.4, -0.2) is 44.7 Å². The van der Waals surface area contributed by atoms with Crippen molar-refractivity contribution in [1.82, 2.24) is 5.32 Å². The van der Waals surface area contributed by atoms with Crippen LogP contribution in [0.25, 0.3) is 0 Å². The first-order chi connectivity index (χ1) is 10.2. The number of ketones is 1. The molecule has 0 aromatic carbocycles. The van der Waals surface area contributed by atoms with Gasteiger partial charge in [-0.3, -0.25) is 9.59 Å². The summed E-state index contributed by atoms with van der Waals surface area (Å²) in [5, 5.41) is 2.86. The smallest absolute Gasteiger partial charge is 0.219 e. The van der Waals surface area contributed by atoms with E-state index >= 15 is 0 Å². The zero-order valence-electron chi connectivity index (χ0n) is 13.6. The molecule has 5 nitrogen and oxygen atoms in total. The summed E-state index contributed by atoms with van der Waals surface area (Å²) in [4.78, 5) is 21.6. The number of amides is 1. The third-order valence-corrected chi connectivity index (χ3v) is 2.99. The number of nitrogens with one attached hydrogen (secondary N) is 1. The first kappa shape index (κ1) is 20.1. The highest BCUT2D eigenvalue weighted by atomic mass is 16.5. The summed E-state index contributed by atoms with van der Waals surface area (Å²) in [6.07, 6.45) is 6.79. The molecule has 5 heteroatoms. The van der Waals surface area contributed by atoms with Crippen molar-refractivity contribution in [3.8, 4) is 0 Å². The second kappa shape index (κ2) is 15.4. The highest BCUT2D eigenvalue weighted by Gasteiger charge is 1.96. The van der Waals surface area contributed by atoms with Crippen molar-refractivity contribution in [3.63, 3.8) is 0 Å². The molecule has 0 radical (unpaired) electrons. The summed E-state index contributed by atoms with van der Waals surface area (Å²) < 4.78 is 10.7. The summed E-state index contributed by atoms with van der Waals surface area (Å²) in [7, 11) is 0. The van der Waals surface area contributed by atoms with E-state index in [9.17, 15) is 9.59 Å². The van der Waals surface area contributed by atoms with Crippen LogP contribution in [0.2, 0.25) is 0 Å². The van der Waals surface area contributed by atoms with Crippen molar-refractivity contribution in [3.05, 3.63) is 0 Å². The van der Waals surface area contributed by atoms with Gasteiger partial charge in [0.25, 0.3) is 0 Å². The fourth-order valence-corrected chi connectivity index (χ4v) is 1.76.